The van der Waals surface area contributed by atoms with Gasteiger partial charge < -0.3 is 23.7 Å². The molecule has 2 aliphatic heterocycles. The molecule has 0 aromatic rings. The summed E-state index contributed by atoms with van der Waals surface area (Å²) in [7, 11) is 3.30. The first-order valence-electron chi connectivity index (χ1n) is 6.09. The van der Waals surface area contributed by atoms with Crippen molar-refractivity contribution < 1.29 is 28.5 Å². The van der Waals surface area contributed by atoms with E-state index in [1.807, 2.05) is 0 Å². The van der Waals surface area contributed by atoms with Gasteiger partial charge in [0.25, 0.3) is 0 Å². The molecule has 0 saturated carbocycles. The Labute approximate surface area is 108 Å². The molecule has 2 saturated heterocycles. The van der Waals surface area contributed by atoms with Crippen molar-refractivity contribution in [3.8, 4) is 0 Å². The van der Waals surface area contributed by atoms with Gasteiger partial charge in [-0.1, -0.05) is 0 Å². The highest BCUT2D eigenvalue weighted by Gasteiger charge is 2.19. The lowest BCUT2D eigenvalue weighted by atomic mass is 10.4. The summed E-state index contributed by atoms with van der Waals surface area (Å²) in [6.07, 6.45) is 1.96. The van der Waals surface area contributed by atoms with Gasteiger partial charge in [-0.3, -0.25) is 0 Å². The first kappa shape index (κ1) is 17.2. The van der Waals surface area contributed by atoms with E-state index < -0.39 is 6.16 Å². The number of carbonyl (C=O) groups is 1. The summed E-state index contributed by atoms with van der Waals surface area (Å²) in [6.45, 7) is 5.57. The molecule has 18 heavy (non-hydrogen) atoms. The second-order valence-corrected chi connectivity index (χ2v) is 3.79. The predicted molar refractivity (Wildman–Crippen MR) is 65.7 cm³/mol. The van der Waals surface area contributed by atoms with Crippen molar-refractivity contribution in [2.24, 2.45) is 0 Å². The number of cyclic esters (lactones) is 2. The van der Waals surface area contributed by atoms with Crippen LogP contribution in [0.4, 0.5) is 4.79 Å². The van der Waals surface area contributed by atoms with Crippen molar-refractivity contribution in [3.05, 3.63) is 0 Å². The van der Waals surface area contributed by atoms with Gasteiger partial charge in [-0.15, -0.1) is 0 Å². The topological polar surface area (TPSA) is 63.2 Å². The first-order chi connectivity index (χ1) is 8.70. The maximum absolute atomic E-state index is 10.0. The monoisotopic (exact) mass is 264 g/mol. The molecule has 6 nitrogen and oxygen atoms in total. The number of ether oxygens (including phenoxy) is 5. The van der Waals surface area contributed by atoms with Crippen LogP contribution in [0.3, 0.4) is 0 Å². The molecule has 2 aliphatic rings. The minimum absolute atomic E-state index is 0.0486. The maximum Gasteiger partial charge on any atom is 0.508 e. The minimum atomic E-state index is -0.549. The lowest BCUT2D eigenvalue weighted by molar-refractivity contribution is 0.103. The first-order valence-corrected chi connectivity index (χ1v) is 6.09. The molecule has 0 N–H and O–H groups in total. The zero-order valence-electron chi connectivity index (χ0n) is 11.5. The van der Waals surface area contributed by atoms with E-state index in [1.54, 1.807) is 21.1 Å². The molecule has 0 spiro atoms. The minimum Gasteiger partial charge on any atom is -0.430 e. The van der Waals surface area contributed by atoms with Gasteiger partial charge in [-0.2, -0.15) is 0 Å². The number of hydrogen-bond acceptors (Lipinski definition) is 6. The van der Waals surface area contributed by atoms with E-state index in [0.717, 1.165) is 13.2 Å². The fourth-order valence-corrected chi connectivity index (χ4v) is 1.09. The van der Waals surface area contributed by atoms with Crippen LogP contribution in [0.15, 0.2) is 0 Å². The SMILES string of the molecule is C1CCOC1.CC1COC(=O)O1.COCCOC. The molecule has 0 aromatic carbocycles. The Morgan fingerprint density at radius 3 is 1.89 bits per heavy atom. The summed E-state index contributed by atoms with van der Waals surface area (Å²) in [5, 5.41) is 0. The normalized spacial score (nSPS) is 21.1. The Kier molecular flexibility index (Phi) is 12.0. The summed E-state index contributed by atoms with van der Waals surface area (Å²) < 4.78 is 23.2. The molecule has 0 amide bonds. The van der Waals surface area contributed by atoms with Gasteiger partial charge in [0.2, 0.25) is 0 Å². The van der Waals surface area contributed by atoms with E-state index in [0.29, 0.717) is 19.8 Å². The van der Waals surface area contributed by atoms with Crippen molar-refractivity contribution in [2.45, 2.75) is 25.9 Å². The molecule has 1 unspecified atom stereocenters. The van der Waals surface area contributed by atoms with E-state index in [2.05, 4.69) is 18.9 Å². The van der Waals surface area contributed by atoms with Crippen LogP contribution in [-0.4, -0.2) is 59.5 Å². The van der Waals surface area contributed by atoms with Crippen LogP contribution in [0, 0.1) is 0 Å². The molecular weight excluding hydrogens is 240 g/mol. The molecule has 1 atom stereocenters. The Balaban J connectivity index is 0.000000244. The van der Waals surface area contributed by atoms with Gasteiger partial charge in [0.15, 0.2) is 0 Å². The molecule has 108 valence electrons. The standard InChI is InChI=1S/C4H6O3.C4H10O2.C4H8O/c1-3-2-6-4(5)7-3;1-5-3-4-6-2;1-2-4-5-3-1/h3H,2H2,1H3;3-4H2,1-2H3;1-4H2. The van der Waals surface area contributed by atoms with Crippen LogP contribution in [0.5, 0.6) is 0 Å². The van der Waals surface area contributed by atoms with Crippen molar-refractivity contribution >= 4 is 6.16 Å². The quantitative estimate of drug-likeness (QED) is 0.570. The molecule has 2 fully saturated rings. The number of carbonyl (C=O) groups excluding carboxylic acids is 1. The maximum atomic E-state index is 10.0. The van der Waals surface area contributed by atoms with Crippen LogP contribution in [0.1, 0.15) is 19.8 Å². The smallest absolute Gasteiger partial charge is 0.430 e. The Morgan fingerprint density at radius 1 is 1.17 bits per heavy atom. The number of rotatable bonds is 3. The third-order valence-electron chi connectivity index (χ3n) is 2.05. The van der Waals surface area contributed by atoms with Crippen molar-refractivity contribution in [1.29, 1.82) is 0 Å². The van der Waals surface area contributed by atoms with Crippen LogP contribution < -0.4 is 0 Å². The van der Waals surface area contributed by atoms with Crippen molar-refractivity contribution in [2.75, 3.05) is 47.3 Å². The Morgan fingerprint density at radius 2 is 1.72 bits per heavy atom. The zero-order chi connectivity index (χ0) is 13.6. The lowest BCUT2D eigenvalue weighted by Gasteiger charge is -1.91. The van der Waals surface area contributed by atoms with E-state index in [4.69, 9.17) is 4.74 Å². The van der Waals surface area contributed by atoms with Crippen LogP contribution in [-0.2, 0) is 23.7 Å². The highest BCUT2D eigenvalue weighted by atomic mass is 16.8. The zero-order valence-corrected chi connectivity index (χ0v) is 11.5. The van der Waals surface area contributed by atoms with Gasteiger partial charge in [0.1, 0.15) is 12.7 Å². The number of hydrogen-bond donors (Lipinski definition) is 0. The van der Waals surface area contributed by atoms with Crippen molar-refractivity contribution in [1.82, 2.24) is 0 Å². The second kappa shape index (κ2) is 12.6. The molecule has 0 aliphatic carbocycles. The second-order valence-electron chi connectivity index (χ2n) is 3.79. The van der Waals surface area contributed by atoms with Crippen LogP contribution >= 0.6 is 0 Å². The van der Waals surface area contributed by atoms with E-state index in [1.165, 1.54) is 12.8 Å². The van der Waals surface area contributed by atoms with E-state index in [-0.39, 0.29) is 6.10 Å². The Hall–Kier alpha value is -0.850. The van der Waals surface area contributed by atoms with Crippen LogP contribution in [0.2, 0.25) is 0 Å². The highest BCUT2D eigenvalue weighted by Crippen LogP contribution is 2.02. The van der Waals surface area contributed by atoms with Gasteiger partial charge >= 0.3 is 6.16 Å². The lowest BCUT2D eigenvalue weighted by Crippen LogP contribution is -2.01. The third-order valence-corrected chi connectivity index (χ3v) is 2.05. The average molecular weight is 264 g/mol. The summed E-state index contributed by atoms with van der Waals surface area (Å²) in [4.78, 5) is 10.0. The summed E-state index contributed by atoms with van der Waals surface area (Å²) in [5.41, 5.74) is 0. The van der Waals surface area contributed by atoms with E-state index in [9.17, 15) is 4.79 Å². The third kappa shape index (κ3) is 11.6. The highest BCUT2D eigenvalue weighted by molar-refractivity contribution is 5.61. The van der Waals surface area contributed by atoms with Gasteiger partial charge in [-0.05, 0) is 19.8 Å². The summed E-state index contributed by atoms with van der Waals surface area (Å²) in [6, 6.07) is 0. The number of methoxy groups -OCH3 is 2. The average Bonchev–Trinajstić information content (AvgIpc) is 3.02. The largest absolute Gasteiger partial charge is 0.508 e. The van der Waals surface area contributed by atoms with Crippen LogP contribution in [0.25, 0.3) is 0 Å². The van der Waals surface area contributed by atoms with E-state index >= 15 is 0 Å². The molecule has 0 bridgehead atoms. The fraction of sp³-hybridized carbons (Fsp3) is 0.917. The van der Waals surface area contributed by atoms with Gasteiger partial charge in [0.05, 0.1) is 13.2 Å². The molecular formula is C12H24O6. The van der Waals surface area contributed by atoms with Crippen molar-refractivity contribution in [3.63, 3.8) is 0 Å². The summed E-state index contributed by atoms with van der Waals surface area (Å²) >= 11 is 0. The summed E-state index contributed by atoms with van der Waals surface area (Å²) in [5.74, 6) is 0. The van der Waals surface area contributed by atoms with Gasteiger partial charge in [0, 0.05) is 27.4 Å². The predicted octanol–water partition coefficient (Wildman–Crippen LogP) is 1.62. The molecule has 6 heteroatoms. The fourth-order valence-electron chi connectivity index (χ4n) is 1.09. The molecule has 2 heterocycles. The molecule has 0 radical (unpaired) electrons. The molecule has 2 rings (SSSR count). The molecule has 0 aromatic heterocycles. The van der Waals surface area contributed by atoms with Gasteiger partial charge in [-0.25, -0.2) is 4.79 Å². The Bertz CT molecular complexity index is 181.